The molecule has 1 N–H and O–H groups in total. The summed E-state index contributed by atoms with van der Waals surface area (Å²) in [4.78, 5) is 0. The van der Waals surface area contributed by atoms with Gasteiger partial charge in [0.15, 0.2) is 0 Å². The molecule has 0 radical (unpaired) electrons. The fourth-order valence-electron chi connectivity index (χ4n) is 0.552. The van der Waals surface area contributed by atoms with E-state index >= 15 is 0 Å². The van der Waals surface area contributed by atoms with Crippen molar-refractivity contribution in [2.75, 3.05) is 0 Å². The first-order chi connectivity index (χ1) is 3.92. The minimum absolute atomic E-state index is 0.628. The predicted molar refractivity (Wildman–Crippen MR) is 44.6 cm³/mol. The number of halogens is 1. The third-order valence-corrected chi connectivity index (χ3v) is 3.14. The number of aliphatic hydroxyl groups excluding tert-OH is 1. The zero-order chi connectivity index (χ0) is 7.49. The van der Waals surface area contributed by atoms with Gasteiger partial charge in [0.1, 0.15) is 5.56 Å². The molecule has 0 spiro atoms. The molecular weight excluding hydrogens is 152 g/mol. The van der Waals surface area contributed by atoms with E-state index < -0.39 is 13.6 Å². The maximum atomic E-state index is 8.70. The van der Waals surface area contributed by atoms with Gasteiger partial charge in [-0.1, -0.05) is 37.3 Å². The third-order valence-electron chi connectivity index (χ3n) is 1.13. The fourth-order valence-corrected chi connectivity index (χ4v) is 1.98. The molecule has 0 heterocycles. The number of alkyl halides is 1. The van der Waals surface area contributed by atoms with Gasteiger partial charge in [0, 0.05) is 8.07 Å². The normalized spacial score (nSPS) is 15.7. The third kappa shape index (κ3) is 8.47. The molecule has 1 unspecified atom stereocenters. The van der Waals surface area contributed by atoms with Gasteiger partial charge in [0.05, 0.1) is 0 Å². The first-order valence-electron chi connectivity index (χ1n) is 3.24. The molecule has 0 aliphatic carbocycles. The summed E-state index contributed by atoms with van der Waals surface area (Å²) in [5.74, 6) is 0. The van der Waals surface area contributed by atoms with Crippen LogP contribution in [0, 0.1) is 0 Å². The second-order valence-corrected chi connectivity index (χ2v) is 9.66. The van der Waals surface area contributed by atoms with Gasteiger partial charge in [-0.25, -0.2) is 0 Å². The van der Waals surface area contributed by atoms with Crippen molar-refractivity contribution < 1.29 is 5.11 Å². The van der Waals surface area contributed by atoms with Gasteiger partial charge in [-0.3, -0.25) is 0 Å². The van der Waals surface area contributed by atoms with E-state index in [1.165, 1.54) is 0 Å². The highest BCUT2D eigenvalue weighted by molar-refractivity contribution is 6.76. The highest BCUT2D eigenvalue weighted by Gasteiger charge is 2.13. The summed E-state index contributed by atoms with van der Waals surface area (Å²) in [6.07, 6.45) is 0.747. The Hall–Kier alpha value is 0.467. The van der Waals surface area contributed by atoms with Crippen molar-refractivity contribution in [1.82, 2.24) is 0 Å². The SMILES string of the molecule is C[Si](C)(C)CCC(O)Cl. The van der Waals surface area contributed by atoms with Crippen LogP contribution in [0.15, 0.2) is 0 Å². The molecule has 0 aliphatic heterocycles. The van der Waals surface area contributed by atoms with E-state index in [4.69, 9.17) is 16.7 Å². The lowest BCUT2D eigenvalue weighted by molar-refractivity contribution is 0.251. The van der Waals surface area contributed by atoms with Crippen molar-refractivity contribution in [3.63, 3.8) is 0 Å². The highest BCUT2D eigenvalue weighted by Crippen LogP contribution is 2.13. The summed E-state index contributed by atoms with van der Waals surface area (Å²) < 4.78 is 0. The number of hydrogen-bond donors (Lipinski definition) is 1. The maximum Gasteiger partial charge on any atom is 0.127 e. The first kappa shape index (κ1) is 9.47. The average molecular weight is 167 g/mol. The van der Waals surface area contributed by atoms with Crippen molar-refractivity contribution in [3.8, 4) is 0 Å². The van der Waals surface area contributed by atoms with Crippen molar-refractivity contribution in [2.45, 2.75) is 37.7 Å². The minimum Gasteiger partial charge on any atom is -0.378 e. The number of rotatable bonds is 3. The molecule has 1 nitrogen and oxygen atoms in total. The van der Waals surface area contributed by atoms with E-state index in [0.29, 0.717) is 0 Å². The molecule has 0 fully saturated rings. The number of hydrogen-bond acceptors (Lipinski definition) is 1. The molecule has 0 rings (SSSR count). The Morgan fingerprint density at radius 3 is 2.00 bits per heavy atom. The van der Waals surface area contributed by atoms with E-state index in [9.17, 15) is 0 Å². The van der Waals surface area contributed by atoms with Gasteiger partial charge in [-0.2, -0.15) is 0 Å². The largest absolute Gasteiger partial charge is 0.378 e. The molecular formula is C6H15ClOSi. The van der Waals surface area contributed by atoms with Gasteiger partial charge in [-0.15, -0.1) is 0 Å². The molecule has 9 heavy (non-hydrogen) atoms. The Kier molecular flexibility index (Phi) is 3.78. The summed E-state index contributed by atoms with van der Waals surface area (Å²) in [5.41, 5.74) is -0.628. The van der Waals surface area contributed by atoms with Crippen molar-refractivity contribution in [2.24, 2.45) is 0 Å². The first-order valence-corrected chi connectivity index (χ1v) is 7.38. The van der Waals surface area contributed by atoms with Crippen molar-refractivity contribution in [1.29, 1.82) is 0 Å². The molecule has 0 saturated carbocycles. The van der Waals surface area contributed by atoms with Crippen LogP contribution in [0.2, 0.25) is 25.7 Å². The van der Waals surface area contributed by atoms with Crippen molar-refractivity contribution in [3.05, 3.63) is 0 Å². The lowest BCUT2D eigenvalue weighted by Gasteiger charge is -2.15. The Bertz CT molecular complexity index is 77.6. The number of aliphatic hydroxyl groups is 1. The van der Waals surface area contributed by atoms with Crippen LogP contribution in [-0.4, -0.2) is 18.7 Å². The second-order valence-electron chi connectivity index (χ2n) is 3.53. The minimum atomic E-state index is -0.964. The van der Waals surface area contributed by atoms with E-state index in [1.54, 1.807) is 0 Å². The summed E-state index contributed by atoms with van der Waals surface area (Å²) >= 11 is 5.36. The summed E-state index contributed by atoms with van der Waals surface area (Å²) in [6, 6.07) is 1.11. The molecule has 0 aromatic rings. The molecule has 56 valence electrons. The molecule has 3 heteroatoms. The molecule has 0 amide bonds. The quantitative estimate of drug-likeness (QED) is 0.504. The summed E-state index contributed by atoms with van der Waals surface area (Å²) in [5, 5.41) is 8.70. The monoisotopic (exact) mass is 166 g/mol. The lowest BCUT2D eigenvalue weighted by atomic mass is 10.5. The predicted octanol–water partition coefficient (Wildman–Crippen LogP) is 2.27. The van der Waals surface area contributed by atoms with E-state index in [0.717, 1.165) is 12.5 Å². The van der Waals surface area contributed by atoms with Crippen LogP contribution >= 0.6 is 11.6 Å². The second kappa shape index (κ2) is 3.59. The van der Waals surface area contributed by atoms with Crippen LogP contribution in [0.5, 0.6) is 0 Å². The smallest absolute Gasteiger partial charge is 0.127 e. The Morgan fingerprint density at radius 1 is 1.44 bits per heavy atom. The molecule has 1 atom stereocenters. The average Bonchev–Trinajstić information content (AvgIpc) is 1.59. The van der Waals surface area contributed by atoms with Crippen LogP contribution in [0.1, 0.15) is 6.42 Å². The topological polar surface area (TPSA) is 20.2 Å². The van der Waals surface area contributed by atoms with Gasteiger partial charge < -0.3 is 5.11 Å². The molecule has 0 bridgehead atoms. The van der Waals surface area contributed by atoms with E-state index in [1.807, 2.05) is 0 Å². The van der Waals surface area contributed by atoms with Gasteiger partial charge in [-0.05, 0) is 6.42 Å². The van der Waals surface area contributed by atoms with Crippen LogP contribution < -0.4 is 0 Å². The van der Waals surface area contributed by atoms with Gasteiger partial charge in [0.25, 0.3) is 0 Å². The molecule has 0 aromatic heterocycles. The van der Waals surface area contributed by atoms with Crippen LogP contribution in [-0.2, 0) is 0 Å². The summed E-state index contributed by atoms with van der Waals surface area (Å²) in [6.45, 7) is 6.81. The summed E-state index contributed by atoms with van der Waals surface area (Å²) in [7, 11) is -0.964. The lowest BCUT2D eigenvalue weighted by Crippen LogP contribution is -2.20. The molecule has 0 aliphatic rings. The zero-order valence-corrected chi connectivity index (χ0v) is 8.07. The Balaban J connectivity index is 3.28. The Labute approximate surface area is 63.0 Å². The fraction of sp³-hybridized carbons (Fsp3) is 1.00. The molecule has 0 aromatic carbocycles. The van der Waals surface area contributed by atoms with E-state index in [2.05, 4.69) is 19.6 Å². The Morgan fingerprint density at radius 2 is 1.89 bits per heavy atom. The molecule has 0 saturated heterocycles. The van der Waals surface area contributed by atoms with Crippen LogP contribution in [0.25, 0.3) is 0 Å². The maximum absolute atomic E-state index is 8.70. The highest BCUT2D eigenvalue weighted by atomic mass is 35.5. The van der Waals surface area contributed by atoms with Crippen LogP contribution in [0.4, 0.5) is 0 Å². The van der Waals surface area contributed by atoms with Gasteiger partial charge >= 0.3 is 0 Å². The van der Waals surface area contributed by atoms with E-state index in [-0.39, 0.29) is 0 Å². The van der Waals surface area contributed by atoms with Crippen LogP contribution in [0.3, 0.4) is 0 Å². The standard InChI is InChI=1S/C6H15ClOSi/c1-9(2,3)5-4-6(7)8/h6,8H,4-5H2,1-3H3. The zero-order valence-electron chi connectivity index (χ0n) is 6.32. The van der Waals surface area contributed by atoms with Crippen molar-refractivity contribution >= 4 is 19.7 Å². The van der Waals surface area contributed by atoms with Gasteiger partial charge in [0.2, 0.25) is 0 Å².